The Morgan fingerprint density at radius 2 is 2.22 bits per heavy atom. The van der Waals surface area contributed by atoms with Gasteiger partial charge in [-0.15, -0.1) is 11.8 Å². The molecule has 0 saturated heterocycles. The Morgan fingerprint density at radius 3 is 2.72 bits per heavy atom. The molecule has 0 bridgehead atoms. The van der Waals surface area contributed by atoms with E-state index in [0.29, 0.717) is 18.8 Å². The summed E-state index contributed by atoms with van der Waals surface area (Å²) in [7, 11) is 0. The quantitative estimate of drug-likeness (QED) is 0.771. The van der Waals surface area contributed by atoms with Crippen LogP contribution in [-0.2, 0) is 4.74 Å². The van der Waals surface area contributed by atoms with Crippen molar-refractivity contribution in [1.29, 1.82) is 0 Å². The Bertz CT molecular complexity index is 432. The monoisotopic (exact) mass is 249 g/mol. The van der Waals surface area contributed by atoms with Crippen molar-refractivity contribution in [3.8, 4) is 11.8 Å². The highest BCUT2D eigenvalue weighted by atomic mass is 16.6. The third kappa shape index (κ3) is 4.54. The number of anilines is 1. The molecule has 0 aromatic carbocycles. The Hall–Kier alpha value is -1.89. The number of hydrogen-bond donors (Lipinski definition) is 0. The maximum atomic E-state index is 12.0. The highest BCUT2D eigenvalue weighted by Gasteiger charge is 2.24. The summed E-state index contributed by atoms with van der Waals surface area (Å²) in [6.45, 7) is 7.71. The van der Waals surface area contributed by atoms with Gasteiger partial charge in [-0.05, 0) is 33.8 Å². The van der Waals surface area contributed by atoms with Gasteiger partial charge in [0.25, 0.3) is 0 Å². The van der Waals surface area contributed by atoms with E-state index < -0.39 is 11.7 Å². The van der Waals surface area contributed by atoms with Crippen molar-refractivity contribution < 1.29 is 13.9 Å². The molecule has 1 rings (SSSR count). The van der Waals surface area contributed by atoms with Gasteiger partial charge in [-0.3, -0.25) is 0 Å². The molecule has 1 aromatic rings. The van der Waals surface area contributed by atoms with Gasteiger partial charge in [-0.2, -0.15) is 0 Å². The van der Waals surface area contributed by atoms with Gasteiger partial charge < -0.3 is 9.15 Å². The predicted octanol–water partition coefficient (Wildman–Crippen LogP) is 3.43. The fourth-order valence-electron chi connectivity index (χ4n) is 1.32. The summed E-state index contributed by atoms with van der Waals surface area (Å²) in [6.07, 6.45) is 1.68. The lowest BCUT2D eigenvalue weighted by Crippen LogP contribution is -2.37. The van der Waals surface area contributed by atoms with Crippen LogP contribution in [0.25, 0.3) is 0 Å². The minimum absolute atomic E-state index is 0.421. The second-order valence-corrected chi connectivity index (χ2v) is 4.76. The van der Waals surface area contributed by atoms with Crippen LogP contribution in [0.4, 0.5) is 10.7 Å². The van der Waals surface area contributed by atoms with E-state index in [2.05, 4.69) is 11.8 Å². The Labute approximate surface area is 108 Å². The van der Waals surface area contributed by atoms with E-state index in [4.69, 9.17) is 9.15 Å². The average Bonchev–Trinajstić information content (AvgIpc) is 2.74. The van der Waals surface area contributed by atoms with Crippen LogP contribution in [0.3, 0.4) is 0 Å². The molecule has 0 radical (unpaired) electrons. The summed E-state index contributed by atoms with van der Waals surface area (Å²) in [4.78, 5) is 13.5. The van der Waals surface area contributed by atoms with Crippen LogP contribution >= 0.6 is 0 Å². The number of furan rings is 1. The van der Waals surface area contributed by atoms with Crippen molar-refractivity contribution >= 4 is 12.0 Å². The third-order valence-electron chi connectivity index (χ3n) is 2.02. The topological polar surface area (TPSA) is 42.7 Å². The zero-order valence-electron chi connectivity index (χ0n) is 11.3. The normalized spacial score (nSPS) is 10.4. The first-order chi connectivity index (χ1) is 8.44. The summed E-state index contributed by atoms with van der Waals surface area (Å²) in [5, 5.41) is 0. The zero-order valence-corrected chi connectivity index (χ0v) is 11.3. The molecular weight excluding hydrogens is 230 g/mol. The first-order valence-corrected chi connectivity index (χ1v) is 5.87. The third-order valence-corrected chi connectivity index (χ3v) is 2.02. The molecule has 0 unspecified atom stereocenters. The van der Waals surface area contributed by atoms with Crippen LogP contribution in [0.2, 0.25) is 0 Å². The highest BCUT2D eigenvalue weighted by molar-refractivity contribution is 5.86. The number of hydrogen-bond acceptors (Lipinski definition) is 3. The van der Waals surface area contributed by atoms with E-state index in [1.54, 1.807) is 19.1 Å². The number of nitrogens with zero attached hydrogens (tertiary/aromatic N) is 1. The van der Waals surface area contributed by atoms with Crippen LogP contribution in [0.15, 0.2) is 22.8 Å². The van der Waals surface area contributed by atoms with E-state index in [1.807, 2.05) is 20.8 Å². The van der Waals surface area contributed by atoms with Gasteiger partial charge in [-0.25, -0.2) is 9.69 Å². The molecule has 0 spiro atoms. The van der Waals surface area contributed by atoms with Crippen molar-refractivity contribution in [1.82, 2.24) is 0 Å². The summed E-state index contributed by atoms with van der Waals surface area (Å²) < 4.78 is 10.6. The number of carbonyl (C=O) groups is 1. The largest absolute Gasteiger partial charge is 0.448 e. The number of amides is 1. The Morgan fingerprint density at radius 1 is 1.50 bits per heavy atom. The molecule has 0 N–H and O–H groups in total. The molecule has 0 fully saturated rings. The SMILES string of the molecule is CC#CCCN(C(=O)OC(C)(C)C)c1ccco1. The van der Waals surface area contributed by atoms with Crippen molar-refractivity contribution in [2.45, 2.75) is 39.7 Å². The molecule has 0 aliphatic carbocycles. The lowest BCUT2D eigenvalue weighted by Gasteiger charge is -2.25. The van der Waals surface area contributed by atoms with Crippen LogP contribution in [-0.4, -0.2) is 18.2 Å². The van der Waals surface area contributed by atoms with Crippen molar-refractivity contribution in [2.24, 2.45) is 0 Å². The number of carbonyl (C=O) groups excluding carboxylic acids is 1. The van der Waals surface area contributed by atoms with E-state index in [-0.39, 0.29) is 0 Å². The van der Waals surface area contributed by atoms with Crippen LogP contribution < -0.4 is 4.90 Å². The van der Waals surface area contributed by atoms with Gasteiger partial charge in [0.05, 0.1) is 6.26 Å². The molecule has 0 atom stereocenters. The smallest absolute Gasteiger partial charge is 0.417 e. The molecule has 4 nitrogen and oxygen atoms in total. The molecule has 1 amide bonds. The van der Waals surface area contributed by atoms with Crippen LogP contribution in [0.5, 0.6) is 0 Å². The lowest BCUT2D eigenvalue weighted by atomic mass is 10.2. The maximum Gasteiger partial charge on any atom is 0.417 e. The standard InChI is InChI=1S/C14H19NO3/c1-5-6-7-10-15(12-9-8-11-17-12)13(16)18-14(2,3)4/h8-9,11H,7,10H2,1-4H3. The molecule has 18 heavy (non-hydrogen) atoms. The predicted molar refractivity (Wildman–Crippen MR) is 70.4 cm³/mol. The van der Waals surface area contributed by atoms with Gasteiger partial charge in [0.2, 0.25) is 5.88 Å². The molecular formula is C14H19NO3. The first-order valence-electron chi connectivity index (χ1n) is 5.87. The lowest BCUT2D eigenvalue weighted by molar-refractivity contribution is 0.0575. The van der Waals surface area contributed by atoms with E-state index >= 15 is 0 Å². The van der Waals surface area contributed by atoms with Gasteiger partial charge >= 0.3 is 6.09 Å². The van der Waals surface area contributed by atoms with Crippen LogP contribution in [0.1, 0.15) is 34.1 Å². The molecule has 1 heterocycles. The maximum absolute atomic E-state index is 12.0. The minimum Gasteiger partial charge on any atom is -0.448 e. The van der Waals surface area contributed by atoms with Gasteiger partial charge in [0.1, 0.15) is 5.60 Å². The summed E-state index contributed by atoms with van der Waals surface area (Å²) in [5.74, 6) is 6.19. The fourth-order valence-corrected chi connectivity index (χ4v) is 1.32. The molecule has 0 aliphatic heterocycles. The van der Waals surface area contributed by atoms with E-state index in [0.717, 1.165) is 0 Å². The van der Waals surface area contributed by atoms with E-state index in [9.17, 15) is 4.79 Å². The van der Waals surface area contributed by atoms with Gasteiger partial charge in [0.15, 0.2) is 0 Å². The second-order valence-electron chi connectivity index (χ2n) is 4.76. The zero-order chi connectivity index (χ0) is 13.6. The molecule has 0 saturated carbocycles. The summed E-state index contributed by atoms with van der Waals surface area (Å²) in [5.41, 5.74) is -0.529. The van der Waals surface area contributed by atoms with Gasteiger partial charge in [0, 0.05) is 19.0 Å². The van der Waals surface area contributed by atoms with Crippen molar-refractivity contribution in [2.75, 3.05) is 11.4 Å². The second kappa shape index (κ2) is 6.15. The molecule has 98 valence electrons. The summed E-state index contributed by atoms with van der Waals surface area (Å²) >= 11 is 0. The molecule has 0 aliphatic rings. The Balaban J connectivity index is 2.76. The first kappa shape index (κ1) is 14.2. The number of rotatable bonds is 3. The average molecular weight is 249 g/mol. The molecule has 1 aromatic heterocycles. The van der Waals surface area contributed by atoms with Crippen molar-refractivity contribution in [3.05, 3.63) is 18.4 Å². The fraction of sp³-hybridized carbons (Fsp3) is 0.500. The van der Waals surface area contributed by atoms with Gasteiger partial charge in [-0.1, -0.05) is 0 Å². The minimum atomic E-state index is -0.529. The summed E-state index contributed by atoms with van der Waals surface area (Å²) in [6, 6.07) is 3.46. The van der Waals surface area contributed by atoms with Crippen molar-refractivity contribution in [3.63, 3.8) is 0 Å². The number of ether oxygens (including phenoxy) is 1. The Kier molecular flexibility index (Phi) is 4.85. The van der Waals surface area contributed by atoms with E-state index in [1.165, 1.54) is 11.2 Å². The highest BCUT2D eigenvalue weighted by Crippen LogP contribution is 2.18. The molecule has 4 heteroatoms. The van der Waals surface area contributed by atoms with Crippen LogP contribution in [0, 0.1) is 11.8 Å².